The summed E-state index contributed by atoms with van der Waals surface area (Å²) < 4.78 is 0. The minimum Gasteiger partial charge on any atom is -0.0921 e. The summed E-state index contributed by atoms with van der Waals surface area (Å²) in [6.07, 6.45) is 3.51. The maximum Gasteiger partial charge on any atom is 0.0109 e. The van der Waals surface area contributed by atoms with Gasteiger partial charge in [0, 0.05) is 16.7 Å². The van der Waals surface area contributed by atoms with Crippen molar-refractivity contribution in [1.82, 2.24) is 0 Å². The summed E-state index contributed by atoms with van der Waals surface area (Å²) in [5.41, 5.74) is 9.22. The zero-order valence-electron chi connectivity index (χ0n) is 15.8. The standard InChI is InChI=1S/C26H25Br/c1-18-10-12-22(13-11-18)26-16-21-8-3-2-6-19(21)14-23(26)15-20-7-4-5-9-24(20)25(26)17-27/h2-13,23,25H,14-17H2,1H3/t23-,25+,26+/m0/s1. The number of fused-ring (bicyclic) bond motifs is 3. The molecule has 0 spiro atoms. The molecule has 3 atom stereocenters. The Morgan fingerprint density at radius 2 is 1.44 bits per heavy atom. The first-order valence-electron chi connectivity index (χ1n) is 10.00. The third-order valence-corrected chi connectivity index (χ3v) is 7.71. The average Bonchev–Trinajstić information content (AvgIpc) is 2.70. The Balaban J connectivity index is 1.76. The molecule has 0 heterocycles. The number of hydrogen-bond acceptors (Lipinski definition) is 0. The zero-order valence-corrected chi connectivity index (χ0v) is 17.4. The molecule has 0 aliphatic heterocycles. The Labute approximate surface area is 170 Å². The number of alkyl halides is 1. The Morgan fingerprint density at radius 1 is 0.815 bits per heavy atom. The predicted octanol–water partition coefficient (Wildman–Crippen LogP) is 6.38. The molecule has 0 aromatic heterocycles. The van der Waals surface area contributed by atoms with Crippen molar-refractivity contribution in [2.24, 2.45) is 5.92 Å². The van der Waals surface area contributed by atoms with Crippen LogP contribution in [-0.2, 0) is 24.7 Å². The molecule has 136 valence electrons. The molecule has 0 saturated carbocycles. The van der Waals surface area contributed by atoms with Crippen LogP contribution in [-0.4, -0.2) is 5.33 Å². The lowest BCUT2D eigenvalue weighted by Crippen LogP contribution is -2.51. The van der Waals surface area contributed by atoms with Crippen LogP contribution in [0.15, 0.2) is 72.8 Å². The lowest BCUT2D eigenvalue weighted by atomic mass is 9.50. The van der Waals surface area contributed by atoms with Gasteiger partial charge in [-0.2, -0.15) is 0 Å². The van der Waals surface area contributed by atoms with E-state index in [-0.39, 0.29) is 5.41 Å². The van der Waals surface area contributed by atoms with Crippen LogP contribution >= 0.6 is 15.9 Å². The molecule has 3 aromatic carbocycles. The molecule has 1 heteroatoms. The fraction of sp³-hybridized carbons (Fsp3) is 0.308. The first-order chi connectivity index (χ1) is 13.2. The van der Waals surface area contributed by atoms with Crippen molar-refractivity contribution in [3.8, 4) is 0 Å². The first-order valence-corrected chi connectivity index (χ1v) is 11.1. The Bertz CT molecular complexity index is 972. The van der Waals surface area contributed by atoms with Gasteiger partial charge in [0.1, 0.15) is 0 Å². The quantitative estimate of drug-likeness (QED) is 0.424. The van der Waals surface area contributed by atoms with Crippen LogP contribution in [0.2, 0.25) is 0 Å². The van der Waals surface area contributed by atoms with Gasteiger partial charge in [-0.3, -0.25) is 0 Å². The molecule has 0 fully saturated rings. The highest BCUT2D eigenvalue weighted by molar-refractivity contribution is 9.09. The molecule has 2 aliphatic rings. The van der Waals surface area contributed by atoms with Crippen LogP contribution in [0.5, 0.6) is 0 Å². The van der Waals surface area contributed by atoms with Gasteiger partial charge in [0.05, 0.1) is 0 Å². The smallest absolute Gasteiger partial charge is 0.0109 e. The monoisotopic (exact) mass is 416 g/mol. The maximum absolute atomic E-state index is 3.93. The van der Waals surface area contributed by atoms with Crippen LogP contribution in [0.1, 0.15) is 39.3 Å². The summed E-state index contributed by atoms with van der Waals surface area (Å²) in [5.74, 6) is 1.15. The van der Waals surface area contributed by atoms with Gasteiger partial charge in [0.2, 0.25) is 0 Å². The van der Waals surface area contributed by atoms with Crippen molar-refractivity contribution >= 4 is 15.9 Å². The number of benzene rings is 3. The topological polar surface area (TPSA) is 0 Å². The minimum absolute atomic E-state index is 0.167. The van der Waals surface area contributed by atoms with Crippen LogP contribution < -0.4 is 0 Å². The van der Waals surface area contributed by atoms with Gasteiger partial charge in [-0.15, -0.1) is 0 Å². The van der Waals surface area contributed by atoms with Crippen molar-refractivity contribution in [3.63, 3.8) is 0 Å². The highest BCUT2D eigenvalue weighted by Crippen LogP contribution is 2.56. The molecule has 0 unspecified atom stereocenters. The summed E-state index contributed by atoms with van der Waals surface area (Å²) in [4.78, 5) is 0. The van der Waals surface area contributed by atoms with Gasteiger partial charge in [-0.25, -0.2) is 0 Å². The second kappa shape index (κ2) is 6.63. The molecular formula is C26H25Br. The van der Waals surface area contributed by atoms with Crippen LogP contribution in [0.3, 0.4) is 0 Å². The molecular weight excluding hydrogens is 392 g/mol. The number of hydrogen-bond donors (Lipinski definition) is 0. The third-order valence-electron chi connectivity index (χ3n) is 7.06. The van der Waals surface area contributed by atoms with E-state index in [0.717, 1.165) is 11.8 Å². The average molecular weight is 417 g/mol. The third kappa shape index (κ3) is 2.63. The van der Waals surface area contributed by atoms with E-state index in [0.29, 0.717) is 11.8 Å². The van der Waals surface area contributed by atoms with Crippen LogP contribution in [0.4, 0.5) is 0 Å². The fourth-order valence-corrected chi connectivity index (χ4v) is 6.65. The van der Waals surface area contributed by atoms with E-state index in [2.05, 4.69) is 95.7 Å². The van der Waals surface area contributed by atoms with Crippen LogP contribution in [0.25, 0.3) is 0 Å². The first kappa shape index (κ1) is 17.3. The summed E-state index contributed by atoms with van der Waals surface area (Å²) in [5, 5.41) is 1.01. The van der Waals surface area contributed by atoms with E-state index < -0.39 is 0 Å². The largest absolute Gasteiger partial charge is 0.0921 e. The summed E-state index contributed by atoms with van der Waals surface area (Å²) >= 11 is 3.93. The lowest BCUT2D eigenvalue weighted by Gasteiger charge is -2.53. The number of aryl methyl sites for hydroxylation is 1. The molecule has 0 radical (unpaired) electrons. The summed E-state index contributed by atoms with van der Waals surface area (Å²) in [6, 6.07) is 27.7. The normalized spacial score (nSPS) is 26.0. The molecule has 27 heavy (non-hydrogen) atoms. The minimum atomic E-state index is 0.167. The second-order valence-electron chi connectivity index (χ2n) is 8.36. The van der Waals surface area contributed by atoms with Gasteiger partial charge in [0.25, 0.3) is 0 Å². The van der Waals surface area contributed by atoms with Gasteiger partial charge in [0.15, 0.2) is 0 Å². The van der Waals surface area contributed by atoms with Gasteiger partial charge in [-0.1, -0.05) is 94.3 Å². The van der Waals surface area contributed by atoms with E-state index >= 15 is 0 Å². The summed E-state index contributed by atoms with van der Waals surface area (Å²) in [7, 11) is 0. The van der Waals surface area contributed by atoms with E-state index in [4.69, 9.17) is 0 Å². The molecule has 0 amide bonds. The molecule has 0 bridgehead atoms. The molecule has 0 N–H and O–H groups in total. The zero-order chi connectivity index (χ0) is 18.4. The molecule has 0 saturated heterocycles. The van der Waals surface area contributed by atoms with Crippen molar-refractivity contribution in [1.29, 1.82) is 0 Å². The SMILES string of the molecule is Cc1ccc([C@]23Cc4ccccc4C[C@H]2Cc2ccccc2[C@H]3CBr)cc1. The van der Waals surface area contributed by atoms with Crippen molar-refractivity contribution in [2.45, 2.75) is 37.5 Å². The molecule has 0 nitrogen and oxygen atoms in total. The molecule has 2 aliphatic carbocycles. The highest BCUT2D eigenvalue weighted by atomic mass is 79.9. The maximum atomic E-state index is 3.93. The molecule has 3 aromatic rings. The predicted molar refractivity (Wildman–Crippen MR) is 117 cm³/mol. The number of halogens is 1. The second-order valence-corrected chi connectivity index (χ2v) is 9.01. The van der Waals surface area contributed by atoms with E-state index in [1.807, 2.05) is 0 Å². The van der Waals surface area contributed by atoms with Crippen molar-refractivity contribution < 1.29 is 0 Å². The van der Waals surface area contributed by atoms with Crippen molar-refractivity contribution in [2.75, 3.05) is 5.33 Å². The van der Waals surface area contributed by atoms with Crippen LogP contribution in [0, 0.1) is 12.8 Å². The summed E-state index contributed by atoms with van der Waals surface area (Å²) in [6.45, 7) is 2.19. The highest BCUT2D eigenvalue weighted by Gasteiger charge is 2.52. The fourth-order valence-electron chi connectivity index (χ4n) is 5.72. The van der Waals surface area contributed by atoms with Gasteiger partial charge in [-0.05, 0) is 59.9 Å². The number of rotatable bonds is 2. The van der Waals surface area contributed by atoms with Gasteiger partial charge >= 0.3 is 0 Å². The Morgan fingerprint density at radius 3 is 2.19 bits per heavy atom. The van der Waals surface area contributed by atoms with E-state index in [1.165, 1.54) is 24.0 Å². The van der Waals surface area contributed by atoms with E-state index in [9.17, 15) is 0 Å². The van der Waals surface area contributed by atoms with Crippen molar-refractivity contribution in [3.05, 3.63) is 106 Å². The Hall–Kier alpha value is -1.86. The van der Waals surface area contributed by atoms with Gasteiger partial charge < -0.3 is 0 Å². The molecule has 5 rings (SSSR count). The Kier molecular flexibility index (Phi) is 4.24. The van der Waals surface area contributed by atoms with E-state index in [1.54, 1.807) is 22.3 Å². The lowest BCUT2D eigenvalue weighted by molar-refractivity contribution is 0.190.